The van der Waals surface area contributed by atoms with Crippen LogP contribution in [0.3, 0.4) is 0 Å². The Morgan fingerprint density at radius 1 is 1.43 bits per heavy atom. The van der Waals surface area contributed by atoms with Crippen molar-refractivity contribution in [2.24, 2.45) is 0 Å². The number of fused-ring (bicyclic) bond motifs is 1. The highest BCUT2D eigenvalue weighted by Gasteiger charge is 2.25. The van der Waals surface area contributed by atoms with Crippen LogP contribution < -0.4 is 15.6 Å². The normalized spacial score (nSPS) is 15.8. The summed E-state index contributed by atoms with van der Waals surface area (Å²) in [5, 5.41) is 2.92. The summed E-state index contributed by atoms with van der Waals surface area (Å²) in [7, 11) is 0. The van der Waals surface area contributed by atoms with Gasteiger partial charge in [-0.1, -0.05) is 25.1 Å². The molecule has 0 spiro atoms. The lowest BCUT2D eigenvalue weighted by molar-refractivity contribution is -0.121. The molecule has 2 heterocycles. The van der Waals surface area contributed by atoms with Crippen molar-refractivity contribution >= 4 is 5.91 Å². The van der Waals surface area contributed by atoms with Crippen LogP contribution in [0.4, 0.5) is 0 Å². The van der Waals surface area contributed by atoms with Gasteiger partial charge < -0.3 is 15.0 Å². The monoisotopic (exact) mass is 313 g/mol. The maximum atomic E-state index is 12.3. The molecule has 6 heteroatoms. The first-order chi connectivity index (χ1) is 11.1. The molecule has 1 aromatic heterocycles. The summed E-state index contributed by atoms with van der Waals surface area (Å²) in [5.74, 6) is 1.21. The van der Waals surface area contributed by atoms with Gasteiger partial charge in [0.2, 0.25) is 5.91 Å². The minimum Gasteiger partial charge on any atom is -0.491 e. The van der Waals surface area contributed by atoms with Crippen LogP contribution in [0.2, 0.25) is 0 Å². The van der Waals surface area contributed by atoms with Crippen LogP contribution in [0.5, 0.6) is 5.75 Å². The zero-order valence-corrected chi connectivity index (χ0v) is 13.2. The van der Waals surface area contributed by atoms with Gasteiger partial charge in [-0.05, 0) is 13.0 Å². The molecule has 0 aliphatic carbocycles. The van der Waals surface area contributed by atoms with Crippen LogP contribution in [0, 0.1) is 6.92 Å². The first kappa shape index (κ1) is 15.3. The molecule has 120 valence electrons. The molecule has 2 N–H and O–H groups in total. The molecule has 1 atom stereocenters. The molecule has 1 aliphatic heterocycles. The number of rotatable bonds is 4. The van der Waals surface area contributed by atoms with Gasteiger partial charge in [0.1, 0.15) is 18.2 Å². The molecule has 3 rings (SSSR count). The second kappa shape index (κ2) is 6.24. The maximum Gasteiger partial charge on any atom is 0.254 e. The molecule has 1 amide bonds. The number of amides is 1. The fourth-order valence-electron chi connectivity index (χ4n) is 2.73. The first-order valence-corrected chi connectivity index (χ1v) is 7.68. The fourth-order valence-corrected chi connectivity index (χ4v) is 2.73. The Balaban J connectivity index is 1.73. The van der Waals surface area contributed by atoms with Gasteiger partial charge in [0.15, 0.2) is 0 Å². The van der Waals surface area contributed by atoms with E-state index in [1.54, 1.807) is 6.92 Å². The number of aromatic nitrogens is 2. The molecule has 0 saturated heterocycles. The van der Waals surface area contributed by atoms with Gasteiger partial charge in [0.25, 0.3) is 5.56 Å². The number of carbonyl (C=O) groups is 1. The summed E-state index contributed by atoms with van der Waals surface area (Å²) < 4.78 is 5.54. The van der Waals surface area contributed by atoms with Crippen LogP contribution in [0.1, 0.15) is 35.6 Å². The van der Waals surface area contributed by atoms with Crippen LogP contribution >= 0.6 is 0 Å². The highest BCUT2D eigenvalue weighted by Crippen LogP contribution is 2.31. The lowest BCUT2D eigenvalue weighted by atomic mass is 10.1. The fraction of sp³-hybridized carbons (Fsp3) is 0.353. The van der Waals surface area contributed by atoms with Crippen molar-refractivity contribution < 1.29 is 9.53 Å². The Morgan fingerprint density at radius 3 is 2.96 bits per heavy atom. The third kappa shape index (κ3) is 3.11. The number of aromatic amines is 1. The van der Waals surface area contributed by atoms with E-state index in [0.717, 1.165) is 11.3 Å². The number of nitrogens with zero attached hydrogens (tertiary/aromatic N) is 1. The van der Waals surface area contributed by atoms with E-state index in [4.69, 9.17) is 4.74 Å². The van der Waals surface area contributed by atoms with Gasteiger partial charge in [-0.15, -0.1) is 0 Å². The molecule has 0 fully saturated rings. The highest BCUT2D eigenvalue weighted by atomic mass is 16.5. The largest absolute Gasteiger partial charge is 0.491 e. The van der Waals surface area contributed by atoms with E-state index in [2.05, 4.69) is 15.3 Å². The Morgan fingerprint density at radius 2 is 2.22 bits per heavy atom. The van der Waals surface area contributed by atoms with Gasteiger partial charge >= 0.3 is 0 Å². The summed E-state index contributed by atoms with van der Waals surface area (Å²) in [5.41, 5.74) is 1.73. The van der Waals surface area contributed by atoms with Crippen molar-refractivity contribution in [1.82, 2.24) is 15.3 Å². The number of hydrogen-bond donors (Lipinski definition) is 2. The van der Waals surface area contributed by atoms with Crippen molar-refractivity contribution in [3.8, 4) is 5.75 Å². The molecule has 1 aliphatic rings. The average Bonchev–Trinajstić information content (AvgIpc) is 2.94. The molecular weight excluding hydrogens is 294 g/mol. The number of ether oxygens (including phenoxy) is 1. The van der Waals surface area contributed by atoms with Crippen LogP contribution in [-0.2, 0) is 17.6 Å². The molecule has 2 aromatic rings. The maximum absolute atomic E-state index is 12.3. The average molecular weight is 313 g/mol. The molecule has 6 nitrogen and oxygen atoms in total. The standard InChI is InChI=1S/C17H19N3O3/c1-3-15-18-10(2)12(17(22)20-15)8-16(21)19-13-9-23-14-7-5-4-6-11(13)14/h4-7,13H,3,8-9H2,1-2H3,(H,19,21)(H,18,20,22)/t13-/m1/s1. The highest BCUT2D eigenvalue weighted by molar-refractivity contribution is 5.79. The van der Waals surface area contributed by atoms with E-state index in [1.807, 2.05) is 31.2 Å². The van der Waals surface area contributed by atoms with E-state index < -0.39 is 0 Å². The van der Waals surface area contributed by atoms with Crippen molar-refractivity contribution in [3.63, 3.8) is 0 Å². The zero-order valence-electron chi connectivity index (χ0n) is 13.2. The molecule has 0 radical (unpaired) electrons. The van der Waals surface area contributed by atoms with Gasteiger partial charge in [0, 0.05) is 23.2 Å². The van der Waals surface area contributed by atoms with E-state index >= 15 is 0 Å². The van der Waals surface area contributed by atoms with Crippen LogP contribution in [-0.4, -0.2) is 22.5 Å². The van der Waals surface area contributed by atoms with E-state index in [9.17, 15) is 9.59 Å². The lowest BCUT2D eigenvalue weighted by Crippen LogP contribution is -2.33. The van der Waals surface area contributed by atoms with Crippen molar-refractivity contribution in [2.75, 3.05) is 6.61 Å². The molecule has 1 aromatic carbocycles. The number of H-pyrrole nitrogens is 1. The predicted octanol–water partition coefficient (Wildman–Crippen LogP) is 1.43. The number of aryl methyl sites for hydroxylation is 2. The number of carbonyl (C=O) groups excluding carboxylic acids is 1. The smallest absolute Gasteiger partial charge is 0.254 e. The SMILES string of the molecule is CCc1nc(C)c(CC(=O)N[C@@H]2COc3ccccc32)c(=O)[nH]1. The summed E-state index contributed by atoms with van der Waals surface area (Å²) >= 11 is 0. The quantitative estimate of drug-likeness (QED) is 0.894. The van der Waals surface area contributed by atoms with E-state index in [-0.39, 0.29) is 23.9 Å². The Kier molecular flexibility index (Phi) is 4.14. The Hall–Kier alpha value is -2.63. The van der Waals surface area contributed by atoms with Gasteiger partial charge in [0.05, 0.1) is 12.5 Å². The van der Waals surface area contributed by atoms with Crippen molar-refractivity contribution in [3.05, 3.63) is 57.3 Å². The zero-order chi connectivity index (χ0) is 16.4. The van der Waals surface area contributed by atoms with Gasteiger partial charge in [-0.25, -0.2) is 4.98 Å². The number of para-hydroxylation sites is 1. The minimum absolute atomic E-state index is 0.0107. The molecule has 0 bridgehead atoms. The summed E-state index contributed by atoms with van der Waals surface area (Å²) in [6.07, 6.45) is 0.662. The molecular formula is C17H19N3O3. The molecule has 23 heavy (non-hydrogen) atoms. The van der Waals surface area contributed by atoms with Crippen LogP contribution in [0.25, 0.3) is 0 Å². The number of hydrogen-bond acceptors (Lipinski definition) is 4. The summed E-state index contributed by atoms with van der Waals surface area (Å²) in [6, 6.07) is 7.44. The van der Waals surface area contributed by atoms with Gasteiger partial charge in [-0.2, -0.15) is 0 Å². The Labute approximate surface area is 133 Å². The Bertz CT molecular complexity index is 798. The predicted molar refractivity (Wildman–Crippen MR) is 85.5 cm³/mol. The number of nitrogens with one attached hydrogen (secondary N) is 2. The number of benzene rings is 1. The first-order valence-electron chi connectivity index (χ1n) is 7.68. The third-order valence-electron chi connectivity index (χ3n) is 3.98. The van der Waals surface area contributed by atoms with Crippen LogP contribution in [0.15, 0.2) is 29.1 Å². The molecule has 0 unspecified atom stereocenters. The second-order valence-corrected chi connectivity index (χ2v) is 5.58. The summed E-state index contributed by atoms with van der Waals surface area (Å²) in [6.45, 7) is 4.08. The van der Waals surface area contributed by atoms with Gasteiger partial charge in [-0.3, -0.25) is 9.59 Å². The van der Waals surface area contributed by atoms with Crippen molar-refractivity contribution in [1.29, 1.82) is 0 Å². The minimum atomic E-state index is -0.243. The lowest BCUT2D eigenvalue weighted by Gasteiger charge is -2.12. The molecule has 0 saturated carbocycles. The van der Waals surface area contributed by atoms with E-state index in [0.29, 0.717) is 30.1 Å². The second-order valence-electron chi connectivity index (χ2n) is 5.58. The van der Waals surface area contributed by atoms with Crippen molar-refractivity contribution in [2.45, 2.75) is 32.7 Å². The van der Waals surface area contributed by atoms with E-state index in [1.165, 1.54) is 0 Å². The summed E-state index contributed by atoms with van der Waals surface area (Å²) in [4.78, 5) is 31.4. The third-order valence-corrected chi connectivity index (χ3v) is 3.98. The topological polar surface area (TPSA) is 84.1 Å².